The minimum Gasteiger partial charge on any atom is -0.385 e. The minimum absolute atomic E-state index is 0.705. The fourth-order valence-corrected chi connectivity index (χ4v) is 1.57. The smallest absolute Gasteiger partial charge is 0.0868 e. The first-order valence-electron chi connectivity index (χ1n) is 4.54. The number of aliphatic hydroxyl groups is 1. The zero-order chi connectivity index (χ0) is 9.90. The monoisotopic (exact) mass is 198 g/mol. The van der Waals surface area contributed by atoms with Crippen molar-refractivity contribution in [1.82, 2.24) is 0 Å². The van der Waals surface area contributed by atoms with Gasteiger partial charge in [-0.05, 0) is 31.0 Å². The topological polar surface area (TPSA) is 20.2 Å². The normalized spacial score (nSPS) is 15.4. The van der Waals surface area contributed by atoms with Crippen LogP contribution in [0.1, 0.15) is 32.3 Å². The molecular formula is C11H15ClO. The molecule has 0 aliphatic carbocycles. The summed E-state index contributed by atoms with van der Waals surface area (Å²) < 4.78 is 0. The van der Waals surface area contributed by atoms with Gasteiger partial charge in [-0.15, -0.1) is 0 Å². The molecule has 0 aliphatic heterocycles. The fourth-order valence-electron chi connectivity index (χ4n) is 1.44. The van der Waals surface area contributed by atoms with Crippen molar-refractivity contribution in [3.8, 4) is 0 Å². The molecule has 0 spiro atoms. The van der Waals surface area contributed by atoms with Crippen LogP contribution >= 0.6 is 11.6 Å². The molecule has 1 aromatic carbocycles. The lowest BCUT2D eigenvalue weighted by atomic mass is 9.92. The average molecular weight is 199 g/mol. The number of halogens is 1. The van der Waals surface area contributed by atoms with Crippen molar-refractivity contribution in [3.63, 3.8) is 0 Å². The van der Waals surface area contributed by atoms with E-state index in [0.29, 0.717) is 5.02 Å². The molecule has 1 atom stereocenters. The highest BCUT2D eigenvalue weighted by molar-refractivity contribution is 6.30. The number of hydrogen-bond donors (Lipinski definition) is 1. The van der Waals surface area contributed by atoms with Crippen LogP contribution in [0.5, 0.6) is 0 Å². The molecule has 0 heterocycles. The minimum atomic E-state index is -0.723. The van der Waals surface area contributed by atoms with E-state index in [1.807, 2.05) is 19.1 Å². The standard InChI is InChI=1S/C11H15ClO/c1-3-8-11(2,13)9-4-6-10(12)7-5-9/h4-7,13H,3,8H2,1-2H3/t11-/m0/s1. The van der Waals surface area contributed by atoms with Gasteiger partial charge in [-0.2, -0.15) is 0 Å². The molecule has 1 nitrogen and oxygen atoms in total. The summed E-state index contributed by atoms with van der Waals surface area (Å²) >= 11 is 5.76. The Morgan fingerprint density at radius 2 is 1.85 bits per heavy atom. The number of benzene rings is 1. The van der Waals surface area contributed by atoms with Crippen molar-refractivity contribution < 1.29 is 5.11 Å². The van der Waals surface area contributed by atoms with E-state index >= 15 is 0 Å². The van der Waals surface area contributed by atoms with Gasteiger partial charge < -0.3 is 5.11 Å². The summed E-state index contributed by atoms with van der Waals surface area (Å²) in [7, 11) is 0. The van der Waals surface area contributed by atoms with E-state index in [1.54, 1.807) is 12.1 Å². The average Bonchev–Trinajstić information content (AvgIpc) is 2.05. The molecule has 0 unspecified atom stereocenters. The first-order valence-corrected chi connectivity index (χ1v) is 4.92. The van der Waals surface area contributed by atoms with Gasteiger partial charge in [0, 0.05) is 5.02 Å². The highest BCUT2D eigenvalue weighted by atomic mass is 35.5. The Hall–Kier alpha value is -0.530. The summed E-state index contributed by atoms with van der Waals surface area (Å²) in [4.78, 5) is 0. The lowest BCUT2D eigenvalue weighted by Gasteiger charge is -2.23. The van der Waals surface area contributed by atoms with Crippen LogP contribution in [0.15, 0.2) is 24.3 Å². The second-order valence-electron chi connectivity index (χ2n) is 3.53. The molecule has 0 saturated heterocycles. The molecule has 0 aromatic heterocycles. The molecule has 0 radical (unpaired) electrons. The van der Waals surface area contributed by atoms with E-state index in [2.05, 4.69) is 6.92 Å². The molecule has 1 rings (SSSR count). The third kappa shape index (κ3) is 2.71. The Morgan fingerprint density at radius 3 is 2.31 bits per heavy atom. The third-order valence-corrected chi connectivity index (χ3v) is 2.45. The molecular weight excluding hydrogens is 184 g/mol. The van der Waals surface area contributed by atoms with E-state index in [0.717, 1.165) is 18.4 Å². The van der Waals surface area contributed by atoms with Crippen LogP contribution in [-0.4, -0.2) is 5.11 Å². The molecule has 2 heteroatoms. The van der Waals surface area contributed by atoms with Gasteiger partial charge in [-0.25, -0.2) is 0 Å². The van der Waals surface area contributed by atoms with Gasteiger partial charge in [-0.3, -0.25) is 0 Å². The maximum absolute atomic E-state index is 10.0. The molecule has 0 bridgehead atoms. The Morgan fingerprint density at radius 1 is 1.31 bits per heavy atom. The van der Waals surface area contributed by atoms with E-state index in [-0.39, 0.29) is 0 Å². The Bertz CT molecular complexity index is 264. The quantitative estimate of drug-likeness (QED) is 0.790. The second kappa shape index (κ2) is 4.12. The van der Waals surface area contributed by atoms with E-state index in [9.17, 15) is 5.11 Å². The highest BCUT2D eigenvalue weighted by Crippen LogP contribution is 2.26. The van der Waals surface area contributed by atoms with Gasteiger partial charge in [0.25, 0.3) is 0 Å². The molecule has 0 aliphatic rings. The van der Waals surface area contributed by atoms with Gasteiger partial charge in [0.1, 0.15) is 0 Å². The van der Waals surface area contributed by atoms with Gasteiger partial charge in [0.15, 0.2) is 0 Å². The molecule has 1 aromatic rings. The van der Waals surface area contributed by atoms with Crippen molar-refractivity contribution in [1.29, 1.82) is 0 Å². The van der Waals surface area contributed by atoms with Crippen LogP contribution in [-0.2, 0) is 5.60 Å². The number of hydrogen-bond acceptors (Lipinski definition) is 1. The zero-order valence-electron chi connectivity index (χ0n) is 8.05. The Labute approximate surface area is 84.4 Å². The summed E-state index contributed by atoms with van der Waals surface area (Å²) in [6, 6.07) is 7.36. The highest BCUT2D eigenvalue weighted by Gasteiger charge is 2.20. The lowest BCUT2D eigenvalue weighted by Crippen LogP contribution is -2.20. The summed E-state index contributed by atoms with van der Waals surface area (Å²) in [5, 5.41) is 10.7. The van der Waals surface area contributed by atoms with Gasteiger partial charge in [0.05, 0.1) is 5.60 Å². The van der Waals surface area contributed by atoms with Crippen LogP contribution < -0.4 is 0 Å². The predicted octanol–water partition coefficient (Wildman–Crippen LogP) is 3.35. The summed E-state index contributed by atoms with van der Waals surface area (Å²) in [6.45, 7) is 3.89. The van der Waals surface area contributed by atoms with Crippen molar-refractivity contribution >= 4 is 11.6 Å². The third-order valence-electron chi connectivity index (χ3n) is 2.20. The van der Waals surface area contributed by atoms with Gasteiger partial charge >= 0.3 is 0 Å². The van der Waals surface area contributed by atoms with Gasteiger partial charge in [-0.1, -0.05) is 37.1 Å². The van der Waals surface area contributed by atoms with Crippen molar-refractivity contribution in [3.05, 3.63) is 34.9 Å². The summed E-state index contributed by atoms with van der Waals surface area (Å²) in [5.41, 5.74) is 0.207. The SMILES string of the molecule is CCC[C@](C)(O)c1ccc(Cl)cc1. The van der Waals surface area contributed by atoms with Crippen LogP contribution in [0.3, 0.4) is 0 Å². The molecule has 13 heavy (non-hydrogen) atoms. The first kappa shape index (κ1) is 10.6. The summed E-state index contributed by atoms with van der Waals surface area (Å²) in [5.74, 6) is 0. The Balaban J connectivity index is 2.87. The molecule has 0 fully saturated rings. The van der Waals surface area contributed by atoms with Gasteiger partial charge in [0.2, 0.25) is 0 Å². The molecule has 1 N–H and O–H groups in total. The van der Waals surface area contributed by atoms with Crippen LogP contribution in [0.4, 0.5) is 0 Å². The van der Waals surface area contributed by atoms with Crippen LogP contribution in [0.25, 0.3) is 0 Å². The predicted molar refractivity (Wildman–Crippen MR) is 55.9 cm³/mol. The van der Waals surface area contributed by atoms with Crippen molar-refractivity contribution in [2.75, 3.05) is 0 Å². The van der Waals surface area contributed by atoms with E-state index in [4.69, 9.17) is 11.6 Å². The maximum atomic E-state index is 10.0. The van der Waals surface area contributed by atoms with Crippen molar-refractivity contribution in [2.45, 2.75) is 32.3 Å². The first-order chi connectivity index (χ1) is 6.06. The fraction of sp³-hybridized carbons (Fsp3) is 0.455. The zero-order valence-corrected chi connectivity index (χ0v) is 8.80. The second-order valence-corrected chi connectivity index (χ2v) is 3.97. The molecule has 0 saturated carbocycles. The Kier molecular flexibility index (Phi) is 3.34. The number of rotatable bonds is 3. The van der Waals surface area contributed by atoms with Crippen LogP contribution in [0.2, 0.25) is 5.02 Å². The molecule has 0 amide bonds. The molecule has 72 valence electrons. The largest absolute Gasteiger partial charge is 0.385 e. The maximum Gasteiger partial charge on any atom is 0.0868 e. The van der Waals surface area contributed by atoms with E-state index in [1.165, 1.54) is 0 Å². The van der Waals surface area contributed by atoms with Crippen molar-refractivity contribution in [2.24, 2.45) is 0 Å². The summed E-state index contributed by atoms with van der Waals surface area (Å²) in [6.07, 6.45) is 1.74. The lowest BCUT2D eigenvalue weighted by molar-refractivity contribution is 0.0470. The van der Waals surface area contributed by atoms with Crippen LogP contribution in [0, 0.1) is 0 Å². The van der Waals surface area contributed by atoms with E-state index < -0.39 is 5.60 Å².